The quantitative estimate of drug-likeness (QED) is 0.664. The van der Waals surface area contributed by atoms with Crippen LogP contribution in [0.5, 0.6) is 0 Å². The van der Waals surface area contributed by atoms with Gasteiger partial charge in [0, 0.05) is 31.9 Å². The molecule has 0 saturated carbocycles. The van der Waals surface area contributed by atoms with Crippen LogP contribution < -0.4 is 10.2 Å². The minimum Gasteiger partial charge on any atom is -0.354 e. The third kappa shape index (κ3) is 1.87. The van der Waals surface area contributed by atoms with E-state index in [9.17, 15) is 0 Å². The van der Waals surface area contributed by atoms with Crippen molar-refractivity contribution in [3.8, 4) is 0 Å². The Labute approximate surface area is 85.1 Å². The topological polar surface area (TPSA) is 30.2 Å². The van der Waals surface area contributed by atoms with Gasteiger partial charge in [0.05, 0.1) is 0 Å². The van der Waals surface area contributed by atoms with Gasteiger partial charge in [0.2, 0.25) is 0 Å². The highest BCUT2D eigenvalue weighted by molar-refractivity contribution is 5.41. The van der Waals surface area contributed by atoms with Crippen LogP contribution in [-0.4, -0.2) is 31.2 Å². The minimum atomic E-state index is 0.939. The zero-order valence-corrected chi connectivity index (χ0v) is 8.82. The van der Waals surface area contributed by atoms with E-state index < -0.39 is 0 Å². The van der Waals surface area contributed by atoms with Crippen molar-refractivity contribution in [3.05, 3.63) is 23.4 Å². The monoisotopic (exact) mass is 190 g/mol. The highest BCUT2D eigenvalue weighted by Gasteiger charge is 2.12. The molecule has 1 radical (unpaired) electrons. The van der Waals surface area contributed by atoms with Crippen LogP contribution in [0.15, 0.2) is 12.1 Å². The van der Waals surface area contributed by atoms with E-state index in [0.29, 0.717) is 0 Å². The molecular formula is C11H16N3. The van der Waals surface area contributed by atoms with Gasteiger partial charge in [0.15, 0.2) is 0 Å². The zero-order chi connectivity index (χ0) is 9.97. The number of aryl methyl sites for hydroxylation is 2. The summed E-state index contributed by atoms with van der Waals surface area (Å²) in [7, 11) is 0. The van der Waals surface area contributed by atoms with Crippen molar-refractivity contribution >= 4 is 5.82 Å². The molecule has 75 valence electrons. The fraction of sp³-hybridized carbons (Fsp3) is 0.545. The first-order chi connectivity index (χ1) is 6.77. The molecule has 1 fully saturated rings. The van der Waals surface area contributed by atoms with Crippen molar-refractivity contribution < 1.29 is 0 Å². The van der Waals surface area contributed by atoms with Crippen molar-refractivity contribution in [2.45, 2.75) is 13.8 Å². The average molecular weight is 190 g/mol. The van der Waals surface area contributed by atoms with E-state index in [0.717, 1.165) is 37.7 Å². The molecule has 1 aliphatic rings. The van der Waals surface area contributed by atoms with Gasteiger partial charge in [0.25, 0.3) is 0 Å². The van der Waals surface area contributed by atoms with Gasteiger partial charge in [-0.05, 0) is 25.5 Å². The van der Waals surface area contributed by atoms with Crippen LogP contribution in [0.2, 0.25) is 0 Å². The molecular weight excluding hydrogens is 174 g/mol. The first kappa shape index (κ1) is 9.46. The van der Waals surface area contributed by atoms with Crippen LogP contribution >= 0.6 is 0 Å². The standard InChI is InChI=1S/C11H16N3/c1-9-3-4-11(13-10(9)2)14-7-5-12-6-8-14/h3-4H,5-8H2,1-2H3. The second-order valence-electron chi connectivity index (χ2n) is 3.73. The second kappa shape index (κ2) is 3.96. The molecule has 0 atom stereocenters. The van der Waals surface area contributed by atoms with Crippen molar-refractivity contribution in [1.82, 2.24) is 10.3 Å². The number of aromatic nitrogens is 1. The SMILES string of the molecule is Cc1ccc(N2CC[N]CC2)nc1C. The molecule has 0 spiro atoms. The molecule has 1 aliphatic heterocycles. The van der Waals surface area contributed by atoms with Crippen LogP contribution in [0.1, 0.15) is 11.3 Å². The van der Waals surface area contributed by atoms with E-state index in [1.165, 1.54) is 5.56 Å². The highest BCUT2D eigenvalue weighted by atomic mass is 15.2. The second-order valence-corrected chi connectivity index (χ2v) is 3.73. The summed E-state index contributed by atoms with van der Waals surface area (Å²) < 4.78 is 0. The van der Waals surface area contributed by atoms with Gasteiger partial charge in [-0.1, -0.05) is 6.07 Å². The van der Waals surface area contributed by atoms with Gasteiger partial charge in [-0.3, -0.25) is 0 Å². The molecule has 0 aliphatic carbocycles. The normalized spacial score (nSPS) is 17.1. The van der Waals surface area contributed by atoms with Gasteiger partial charge in [0.1, 0.15) is 5.82 Å². The maximum Gasteiger partial charge on any atom is 0.128 e. The Morgan fingerprint density at radius 3 is 2.50 bits per heavy atom. The number of anilines is 1. The maximum absolute atomic E-state index is 4.58. The smallest absolute Gasteiger partial charge is 0.128 e. The number of rotatable bonds is 1. The fourth-order valence-electron chi connectivity index (χ4n) is 1.63. The van der Waals surface area contributed by atoms with Crippen molar-refractivity contribution in [2.75, 3.05) is 31.1 Å². The van der Waals surface area contributed by atoms with Crippen LogP contribution in [0.4, 0.5) is 5.82 Å². The first-order valence-electron chi connectivity index (χ1n) is 5.10. The van der Waals surface area contributed by atoms with Crippen molar-refractivity contribution in [1.29, 1.82) is 0 Å². The molecule has 14 heavy (non-hydrogen) atoms. The Balaban J connectivity index is 2.18. The van der Waals surface area contributed by atoms with Crippen molar-refractivity contribution in [2.24, 2.45) is 0 Å². The third-order valence-corrected chi connectivity index (χ3v) is 2.72. The summed E-state index contributed by atoms with van der Waals surface area (Å²) in [6.45, 7) is 8.05. The summed E-state index contributed by atoms with van der Waals surface area (Å²) in [5.41, 5.74) is 2.39. The predicted molar refractivity (Wildman–Crippen MR) is 57.8 cm³/mol. The molecule has 0 bridgehead atoms. The lowest BCUT2D eigenvalue weighted by molar-refractivity contribution is 0.574. The van der Waals surface area contributed by atoms with Gasteiger partial charge < -0.3 is 4.90 Å². The summed E-state index contributed by atoms with van der Waals surface area (Å²) in [6.07, 6.45) is 0. The molecule has 0 aromatic carbocycles. The van der Waals surface area contributed by atoms with Gasteiger partial charge >= 0.3 is 0 Å². The summed E-state index contributed by atoms with van der Waals surface area (Å²) in [5.74, 6) is 1.10. The molecule has 1 aromatic rings. The first-order valence-corrected chi connectivity index (χ1v) is 5.10. The van der Waals surface area contributed by atoms with E-state index in [4.69, 9.17) is 0 Å². The van der Waals surface area contributed by atoms with Gasteiger partial charge in [-0.25, -0.2) is 10.3 Å². The molecule has 1 aromatic heterocycles. The lowest BCUT2D eigenvalue weighted by Gasteiger charge is -2.27. The summed E-state index contributed by atoms with van der Waals surface area (Å²) in [5, 5.41) is 4.32. The van der Waals surface area contributed by atoms with Crippen LogP contribution in [0, 0.1) is 13.8 Å². The molecule has 3 nitrogen and oxygen atoms in total. The van der Waals surface area contributed by atoms with E-state index in [-0.39, 0.29) is 0 Å². The molecule has 0 unspecified atom stereocenters. The molecule has 0 N–H and O–H groups in total. The third-order valence-electron chi connectivity index (χ3n) is 2.72. The Kier molecular flexibility index (Phi) is 2.68. The van der Waals surface area contributed by atoms with E-state index in [2.05, 4.69) is 41.2 Å². The Morgan fingerprint density at radius 2 is 1.86 bits per heavy atom. The fourth-order valence-corrected chi connectivity index (χ4v) is 1.63. The Hall–Kier alpha value is -1.09. The number of piperazine rings is 1. The Bertz CT molecular complexity index is 316. The van der Waals surface area contributed by atoms with E-state index in [1.807, 2.05) is 0 Å². The summed E-state index contributed by atoms with van der Waals surface area (Å²) in [4.78, 5) is 6.89. The molecule has 1 saturated heterocycles. The van der Waals surface area contributed by atoms with Crippen LogP contribution in [-0.2, 0) is 0 Å². The molecule has 2 heterocycles. The Morgan fingerprint density at radius 1 is 1.14 bits per heavy atom. The largest absolute Gasteiger partial charge is 0.354 e. The lowest BCUT2D eigenvalue weighted by atomic mass is 10.2. The summed E-state index contributed by atoms with van der Waals surface area (Å²) in [6, 6.07) is 4.25. The number of pyridine rings is 1. The molecule has 3 heteroatoms. The average Bonchev–Trinajstić information content (AvgIpc) is 2.23. The van der Waals surface area contributed by atoms with Gasteiger partial charge in [-0.2, -0.15) is 0 Å². The lowest BCUT2D eigenvalue weighted by Crippen LogP contribution is -2.40. The zero-order valence-electron chi connectivity index (χ0n) is 8.82. The number of hydrogen-bond donors (Lipinski definition) is 0. The number of nitrogens with zero attached hydrogens (tertiary/aromatic N) is 3. The van der Waals surface area contributed by atoms with Crippen molar-refractivity contribution in [3.63, 3.8) is 0 Å². The maximum atomic E-state index is 4.58. The van der Waals surface area contributed by atoms with Crippen LogP contribution in [0.3, 0.4) is 0 Å². The van der Waals surface area contributed by atoms with E-state index in [1.54, 1.807) is 0 Å². The van der Waals surface area contributed by atoms with E-state index >= 15 is 0 Å². The number of hydrogen-bond acceptors (Lipinski definition) is 2. The summed E-state index contributed by atoms with van der Waals surface area (Å²) >= 11 is 0. The van der Waals surface area contributed by atoms with Crippen LogP contribution in [0.25, 0.3) is 0 Å². The molecule has 2 rings (SSSR count). The minimum absolute atomic E-state index is 0.939. The molecule has 0 amide bonds. The highest BCUT2D eigenvalue weighted by Crippen LogP contribution is 2.14. The predicted octanol–water partition coefficient (Wildman–Crippen LogP) is 1.12. The van der Waals surface area contributed by atoms with Gasteiger partial charge in [-0.15, -0.1) is 0 Å².